The summed E-state index contributed by atoms with van der Waals surface area (Å²) in [6, 6.07) is 24.3. The SMILES string of the molecule is CC1CC(C(C)(C)C)CC1C(c1ccccc1)(c1ccccc1)C1C2CC(C(C)(C)C)CCC2C2CCC(C(C)(C)C)CC21.[CH3-].[CH3-].[Cl][Zr+2][Cl]. The van der Waals surface area contributed by atoms with Crippen molar-refractivity contribution >= 4 is 17.0 Å². The Balaban J connectivity index is 0.00000126. The molecule has 0 spiro atoms. The molecule has 0 N–H and O–H groups in total. The van der Waals surface area contributed by atoms with Crippen LogP contribution in [0.2, 0.25) is 0 Å². The van der Waals surface area contributed by atoms with Gasteiger partial charge in [0.15, 0.2) is 0 Å². The van der Waals surface area contributed by atoms with Crippen LogP contribution < -0.4 is 0 Å². The van der Waals surface area contributed by atoms with E-state index in [2.05, 4.69) is 130 Å². The maximum atomic E-state index is 4.93. The van der Waals surface area contributed by atoms with Crippen LogP contribution in [0.5, 0.6) is 0 Å². The molecule has 274 valence electrons. The van der Waals surface area contributed by atoms with Crippen LogP contribution in [0.1, 0.15) is 132 Å². The molecule has 0 aromatic heterocycles. The molecule has 0 aliphatic heterocycles. The fourth-order valence-corrected chi connectivity index (χ4v) is 12.2. The number of fused-ring (bicyclic) bond motifs is 3. The molecule has 0 heterocycles. The van der Waals surface area contributed by atoms with Crippen LogP contribution in [0.3, 0.4) is 0 Å². The topological polar surface area (TPSA) is 0 Å². The maximum absolute atomic E-state index is 4.93. The zero-order valence-electron chi connectivity index (χ0n) is 33.5. The Morgan fingerprint density at radius 3 is 1.20 bits per heavy atom. The molecule has 4 aliphatic rings. The summed E-state index contributed by atoms with van der Waals surface area (Å²) in [6.07, 6.45) is 11.4. The standard InChI is InChI=1S/C44H66.2CH3.2ClH.Zr/c1-29-25-34(43(8,9)10)28-39(29)44(30-17-13-11-14-18-30,31-19-15-12-16-20-31)40-37-26-32(41(2,3)4)21-23-35(37)36-24-22-33(27-38(36)40)42(5,6)7;;;;;/h11-20,29,32-40H,21-28H2,1-10H3;2*1H3;2*1H;/q;2*-1;;;+4/p-2. The van der Waals surface area contributed by atoms with Crippen molar-refractivity contribution < 1.29 is 20.8 Å². The van der Waals surface area contributed by atoms with E-state index in [9.17, 15) is 0 Å². The average molecular weight is 787 g/mol. The van der Waals surface area contributed by atoms with E-state index in [1.54, 1.807) is 11.1 Å². The van der Waals surface area contributed by atoms with Gasteiger partial charge in [0.2, 0.25) is 0 Å². The normalized spacial score (nSPS) is 33.1. The second kappa shape index (κ2) is 16.9. The second-order valence-electron chi connectivity index (χ2n) is 19.7. The van der Waals surface area contributed by atoms with Gasteiger partial charge in [0, 0.05) is 5.41 Å². The minimum atomic E-state index is -0.826. The van der Waals surface area contributed by atoms with Gasteiger partial charge in [-0.1, -0.05) is 130 Å². The van der Waals surface area contributed by atoms with Crippen molar-refractivity contribution in [2.45, 2.75) is 126 Å². The van der Waals surface area contributed by atoms with Crippen LogP contribution in [0.15, 0.2) is 60.7 Å². The Labute approximate surface area is 323 Å². The first kappa shape index (κ1) is 43.3. The molecule has 0 saturated heterocycles. The molecule has 49 heavy (non-hydrogen) atoms. The van der Waals surface area contributed by atoms with Crippen molar-refractivity contribution in [2.75, 3.05) is 0 Å². The third-order valence-electron chi connectivity index (χ3n) is 14.6. The summed E-state index contributed by atoms with van der Waals surface area (Å²) in [4.78, 5) is 0. The van der Waals surface area contributed by atoms with Crippen molar-refractivity contribution in [2.24, 2.45) is 75.4 Å². The molecule has 0 amide bonds. The zero-order valence-corrected chi connectivity index (χ0v) is 37.4. The molecular weight excluding hydrogens is 715 g/mol. The molecule has 2 aromatic carbocycles. The van der Waals surface area contributed by atoms with E-state index in [-0.39, 0.29) is 20.3 Å². The van der Waals surface area contributed by atoms with Gasteiger partial charge in [-0.3, -0.25) is 0 Å². The molecule has 9 atom stereocenters. The van der Waals surface area contributed by atoms with Gasteiger partial charge in [-0.05, 0) is 138 Å². The Bertz CT molecular complexity index is 1190. The first-order valence-electron chi connectivity index (χ1n) is 19.1. The van der Waals surface area contributed by atoms with Gasteiger partial charge in [0.1, 0.15) is 0 Å². The number of hydrogen-bond acceptors (Lipinski definition) is 0. The Kier molecular flexibility index (Phi) is 15.0. The van der Waals surface area contributed by atoms with Crippen LogP contribution in [0.4, 0.5) is 0 Å². The molecule has 3 heteroatoms. The molecule has 0 radical (unpaired) electrons. The fraction of sp³-hybridized carbons (Fsp3) is 0.696. The van der Waals surface area contributed by atoms with Crippen LogP contribution in [-0.4, -0.2) is 0 Å². The van der Waals surface area contributed by atoms with Crippen LogP contribution in [-0.2, 0) is 26.3 Å². The Morgan fingerprint density at radius 2 is 0.878 bits per heavy atom. The van der Waals surface area contributed by atoms with Gasteiger partial charge >= 0.3 is 37.9 Å². The van der Waals surface area contributed by atoms with Crippen molar-refractivity contribution in [3.8, 4) is 0 Å². The predicted octanol–water partition coefficient (Wildman–Crippen LogP) is 14.7. The number of rotatable bonds is 4. The van der Waals surface area contributed by atoms with Crippen LogP contribution >= 0.6 is 17.0 Å². The first-order chi connectivity index (χ1) is 22.0. The molecule has 6 rings (SSSR count). The summed E-state index contributed by atoms with van der Waals surface area (Å²) in [5.41, 5.74) is 4.46. The summed E-state index contributed by atoms with van der Waals surface area (Å²) in [5, 5.41) is 0. The van der Waals surface area contributed by atoms with E-state index in [0.29, 0.717) is 28.1 Å². The van der Waals surface area contributed by atoms with E-state index < -0.39 is 20.8 Å². The van der Waals surface area contributed by atoms with Gasteiger partial charge in [-0.15, -0.1) is 0 Å². The minimum absolute atomic E-state index is 0. The Hall–Kier alpha value is -0.0969. The molecular formula is C46H72Cl2Zr. The second-order valence-corrected chi connectivity index (χ2v) is 23.5. The van der Waals surface area contributed by atoms with Crippen LogP contribution in [0, 0.1) is 90.3 Å². The fourth-order valence-electron chi connectivity index (χ4n) is 12.2. The van der Waals surface area contributed by atoms with Crippen molar-refractivity contribution in [3.63, 3.8) is 0 Å². The van der Waals surface area contributed by atoms with E-state index >= 15 is 0 Å². The van der Waals surface area contributed by atoms with Gasteiger partial charge in [0.05, 0.1) is 0 Å². The van der Waals surface area contributed by atoms with Crippen molar-refractivity contribution in [1.29, 1.82) is 0 Å². The van der Waals surface area contributed by atoms with Crippen molar-refractivity contribution in [3.05, 3.63) is 86.6 Å². The summed E-state index contributed by atoms with van der Waals surface area (Å²) < 4.78 is 0. The van der Waals surface area contributed by atoms with Gasteiger partial charge < -0.3 is 14.9 Å². The molecule has 4 fully saturated rings. The predicted molar refractivity (Wildman–Crippen MR) is 214 cm³/mol. The third-order valence-corrected chi connectivity index (χ3v) is 14.6. The summed E-state index contributed by atoms with van der Waals surface area (Å²) in [5.74, 6) is 8.01. The summed E-state index contributed by atoms with van der Waals surface area (Å²) in [7, 11) is 9.87. The van der Waals surface area contributed by atoms with E-state index in [1.165, 1.54) is 51.4 Å². The molecule has 2 aromatic rings. The summed E-state index contributed by atoms with van der Waals surface area (Å²) >= 11 is -0.826. The Morgan fingerprint density at radius 1 is 0.510 bits per heavy atom. The third kappa shape index (κ3) is 8.67. The van der Waals surface area contributed by atoms with Gasteiger partial charge in [-0.2, -0.15) is 0 Å². The average Bonchev–Trinajstić information content (AvgIpc) is 3.57. The quantitative estimate of drug-likeness (QED) is 0.271. The molecule has 9 unspecified atom stereocenters. The number of halogens is 2. The molecule has 0 bridgehead atoms. The number of hydrogen-bond donors (Lipinski definition) is 0. The van der Waals surface area contributed by atoms with Crippen LogP contribution in [0.25, 0.3) is 0 Å². The van der Waals surface area contributed by atoms with E-state index in [1.807, 2.05) is 0 Å². The first-order valence-corrected chi connectivity index (χ1v) is 25.4. The molecule has 4 aliphatic carbocycles. The molecule has 4 saturated carbocycles. The molecule has 0 nitrogen and oxygen atoms in total. The monoisotopic (exact) mass is 784 g/mol. The van der Waals surface area contributed by atoms with Gasteiger partial charge in [0.25, 0.3) is 0 Å². The zero-order chi connectivity index (χ0) is 34.4. The van der Waals surface area contributed by atoms with E-state index in [4.69, 9.17) is 17.0 Å². The van der Waals surface area contributed by atoms with Gasteiger partial charge in [-0.25, -0.2) is 0 Å². The van der Waals surface area contributed by atoms with E-state index in [0.717, 1.165) is 47.3 Å². The van der Waals surface area contributed by atoms with Crippen molar-refractivity contribution in [1.82, 2.24) is 0 Å². The summed E-state index contributed by atoms with van der Waals surface area (Å²) in [6.45, 7) is 25.5. The number of benzene rings is 2.